The summed E-state index contributed by atoms with van der Waals surface area (Å²) >= 11 is 0. The van der Waals surface area contributed by atoms with E-state index in [2.05, 4.69) is 5.32 Å². The number of carbonyl (C=O) groups is 2. The van der Waals surface area contributed by atoms with Gasteiger partial charge in [-0.1, -0.05) is 37.8 Å². The second-order valence-corrected chi connectivity index (χ2v) is 7.33. The van der Waals surface area contributed by atoms with Crippen molar-refractivity contribution < 1.29 is 18.7 Å². The highest BCUT2D eigenvalue weighted by atomic mass is 19.1. The van der Waals surface area contributed by atoms with Crippen LogP contribution in [0, 0.1) is 5.82 Å². The van der Waals surface area contributed by atoms with Crippen LogP contribution < -0.4 is 5.32 Å². The van der Waals surface area contributed by atoms with Crippen LogP contribution in [0.2, 0.25) is 0 Å². The van der Waals surface area contributed by atoms with Crippen molar-refractivity contribution in [2.75, 3.05) is 0 Å². The number of ether oxygens (including phenoxy) is 1. The molecule has 3 rings (SSSR count). The predicted molar refractivity (Wildman–Crippen MR) is 92.5 cm³/mol. The fourth-order valence-electron chi connectivity index (χ4n) is 4.07. The summed E-state index contributed by atoms with van der Waals surface area (Å²) in [5.74, 6) is -0.923. The lowest BCUT2D eigenvalue weighted by Crippen LogP contribution is -2.44. The average molecular weight is 347 g/mol. The van der Waals surface area contributed by atoms with Crippen LogP contribution in [0.5, 0.6) is 0 Å². The first kappa shape index (κ1) is 17.9. The third-order valence-corrected chi connectivity index (χ3v) is 5.60. The molecule has 25 heavy (non-hydrogen) atoms. The highest BCUT2D eigenvalue weighted by molar-refractivity contribution is 5.88. The molecule has 1 N–H and O–H groups in total. The van der Waals surface area contributed by atoms with Crippen LogP contribution in [-0.4, -0.2) is 24.0 Å². The summed E-state index contributed by atoms with van der Waals surface area (Å²) in [4.78, 5) is 25.2. The van der Waals surface area contributed by atoms with Gasteiger partial charge in [0.15, 0.2) is 6.10 Å². The molecule has 0 heterocycles. The zero-order chi connectivity index (χ0) is 17.9. The summed E-state index contributed by atoms with van der Waals surface area (Å²) in [6, 6.07) is 6.26. The summed E-state index contributed by atoms with van der Waals surface area (Å²) in [5, 5.41) is 2.97. The Labute approximate surface area is 148 Å². The van der Waals surface area contributed by atoms with Gasteiger partial charge in [-0.15, -0.1) is 0 Å². The van der Waals surface area contributed by atoms with Crippen LogP contribution in [-0.2, 0) is 19.7 Å². The Morgan fingerprint density at radius 2 is 1.72 bits per heavy atom. The molecule has 0 aromatic heterocycles. The number of rotatable bonds is 5. The topological polar surface area (TPSA) is 55.4 Å². The highest BCUT2D eigenvalue weighted by Crippen LogP contribution is 2.42. The first-order chi connectivity index (χ1) is 12.0. The van der Waals surface area contributed by atoms with Gasteiger partial charge in [0.05, 0.1) is 5.41 Å². The molecule has 2 fully saturated rings. The highest BCUT2D eigenvalue weighted by Gasteiger charge is 2.45. The molecule has 2 aliphatic carbocycles. The fraction of sp³-hybridized carbons (Fsp3) is 0.600. The standard InChI is InChI=1S/C20H26FNO3/c1-14(18(23)22-17-6-2-3-7-17)25-19(24)20(12-4-5-13-20)15-8-10-16(21)11-9-15/h8-11,14,17H,2-7,12-13H2,1H3,(H,22,23)/t14-/m1/s1. The minimum absolute atomic E-state index is 0.200. The molecule has 0 saturated heterocycles. The number of hydrogen-bond acceptors (Lipinski definition) is 3. The van der Waals surface area contributed by atoms with Crippen LogP contribution in [0.4, 0.5) is 4.39 Å². The zero-order valence-electron chi connectivity index (χ0n) is 14.7. The van der Waals surface area contributed by atoms with Crippen LogP contribution in [0.3, 0.4) is 0 Å². The van der Waals surface area contributed by atoms with Gasteiger partial charge in [-0.25, -0.2) is 4.39 Å². The Kier molecular flexibility index (Phi) is 5.40. The maximum Gasteiger partial charge on any atom is 0.317 e. The lowest BCUT2D eigenvalue weighted by Gasteiger charge is -2.29. The number of hydrogen-bond donors (Lipinski definition) is 1. The van der Waals surface area contributed by atoms with Gasteiger partial charge in [0.1, 0.15) is 5.82 Å². The Morgan fingerprint density at radius 1 is 1.12 bits per heavy atom. The largest absolute Gasteiger partial charge is 0.452 e. The molecule has 1 amide bonds. The molecule has 1 aromatic carbocycles. The minimum atomic E-state index is -0.814. The Balaban J connectivity index is 1.68. The molecular formula is C20H26FNO3. The summed E-state index contributed by atoms with van der Waals surface area (Å²) in [7, 11) is 0. The molecule has 0 spiro atoms. The molecule has 1 aromatic rings. The summed E-state index contributed by atoms with van der Waals surface area (Å²) in [6.07, 6.45) is 6.64. The Hall–Kier alpha value is -1.91. The number of esters is 1. The van der Waals surface area contributed by atoms with E-state index in [9.17, 15) is 14.0 Å². The van der Waals surface area contributed by atoms with E-state index in [0.717, 1.165) is 44.1 Å². The summed E-state index contributed by atoms with van der Waals surface area (Å²) < 4.78 is 18.8. The number of nitrogens with one attached hydrogen (secondary N) is 1. The maximum absolute atomic E-state index is 13.2. The molecule has 136 valence electrons. The van der Waals surface area contributed by atoms with Crippen LogP contribution in [0.25, 0.3) is 0 Å². The van der Waals surface area contributed by atoms with Gasteiger partial charge in [-0.3, -0.25) is 9.59 Å². The number of amides is 1. The van der Waals surface area contributed by atoms with Crippen LogP contribution in [0.1, 0.15) is 63.9 Å². The first-order valence-electron chi connectivity index (χ1n) is 9.29. The van der Waals surface area contributed by atoms with Crippen LogP contribution >= 0.6 is 0 Å². The van der Waals surface area contributed by atoms with E-state index >= 15 is 0 Å². The second kappa shape index (κ2) is 7.54. The minimum Gasteiger partial charge on any atom is -0.452 e. The van der Waals surface area contributed by atoms with Crippen molar-refractivity contribution in [3.63, 3.8) is 0 Å². The number of carbonyl (C=O) groups excluding carboxylic acids is 2. The lowest BCUT2D eigenvalue weighted by atomic mass is 9.79. The quantitative estimate of drug-likeness (QED) is 0.828. The van der Waals surface area contributed by atoms with E-state index in [1.165, 1.54) is 12.1 Å². The molecule has 1 atom stereocenters. The first-order valence-corrected chi connectivity index (χ1v) is 9.29. The van der Waals surface area contributed by atoms with Gasteiger partial charge in [-0.2, -0.15) is 0 Å². The lowest BCUT2D eigenvalue weighted by molar-refractivity contribution is -0.160. The van der Waals surface area contributed by atoms with Crippen molar-refractivity contribution in [1.29, 1.82) is 0 Å². The third kappa shape index (κ3) is 3.86. The predicted octanol–water partition coefficient (Wildman–Crippen LogP) is 3.63. The molecule has 0 radical (unpaired) electrons. The van der Waals surface area contributed by atoms with Crippen molar-refractivity contribution >= 4 is 11.9 Å². The van der Waals surface area contributed by atoms with E-state index in [-0.39, 0.29) is 23.7 Å². The Bertz CT molecular complexity index is 616. The molecule has 4 nitrogen and oxygen atoms in total. The van der Waals surface area contributed by atoms with E-state index in [4.69, 9.17) is 4.74 Å². The van der Waals surface area contributed by atoms with Crippen molar-refractivity contribution in [3.05, 3.63) is 35.6 Å². The van der Waals surface area contributed by atoms with Crippen molar-refractivity contribution in [1.82, 2.24) is 5.32 Å². The van der Waals surface area contributed by atoms with Gasteiger partial charge in [-0.05, 0) is 50.3 Å². The normalized spacial score (nSPS) is 21.0. The van der Waals surface area contributed by atoms with E-state index in [0.29, 0.717) is 12.8 Å². The third-order valence-electron chi connectivity index (χ3n) is 5.60. The zero-order valence-corrected chi connectivity index (χ0v) is 14.7. The van der Waals surface area contributed by atoms with Gasteiger partial charge < -0.3 is 10.1 Å². The van der Waals surface area contributed by atoms with Crippen molar-refractivity contribution in [3.8, 4) is 0 Å². The average Bonchev–Trinajstić information content (AvgIpc) is 3.27. The summed E-state index contributed by atoms with van der Waals surface area (Å²) in [5.41, 5.74) is 0.0232. The van der Waals surface area contributed by atoms with Gasteiger partial charge in [0.25, 0.3) is 5.91 Å². The molecule has 5 heteroatoms. The summed E-state index contributed by atoms with van der Waals surface area (Å²) in [6.45, 7) is 1.62. The Morgan fingerprint density at radius 3 is 2.32 bits per heavy atom. The van der Waals surface area contributed by atoms with Gasteiger partial charge >= 0.3 is 5.97 Å². The molecule has 0 aliphatic heterocycles. The number of benzene rings is 1. The fourth-order valence-corrected chi connectivity index (χ4v) is 4.07. The van der Waals surface area contributed by atoms with Gasteiger partial charge in [0, 0.05) is 6.04 Å². The van der Waals surface area contributed by atoms with Crippen molar-refractivity contribution in [2.24, 2.45) is 0 Å². The SMILES string of the molecule is C[C@@H](OC(=O)C1(c2ccc(F)cc2)CCCC1)C(=O)NC1CCCC1. The second-order valence-electron chi connectivity index (χ2n) is 7.33. The van der Waals surface area contributed by atoms with E-state index in [1.54, 1.807) is 19.1 Å². The van der Waals surface area contributed by atoms with Crippen LogP contribution in [0.15, 0.2) is 24.3 Å². The molecule has 0 unspecified atom stereocenters. The van der Waals surface area contributed by atoms with Crippen molar-refractivity contribution in [2.45, 2.75) is 75.9 Å². The van der Waals surface area contributed by atoms with Gasteiger partial charge in [0.2, 0.25) is 0 Å². The smallest absolute Gasteiger partial charge is 0.317 e. The van der Waals surface area contributed by atoms with E-state index in [1.807, 2.05) is 0 Å². The maximum atomic E-state index is 13.2. The molecular weight excluding hydrogens is 321 g/mol. The molecule has 0 bridgehead atoms. The van der Waals surface area contributed by atoms with E-state index < -0.39 is 11.5 Å². The molecule has 2 saturated carbocycles. The molecule has 2 aliphatic rings. The number of halogens is 1. The monoisotopic (exact) mass is 347 g/mol.